The summed E-state index contributed by atoms with van der Waals surface area (Å²) in [6.45, 7) is 2.77. The van der Waals surface area contributed by atoms with Crippen molar-refractivity contribution in [3.8, 4) is 0 Å². The molecule has 88 valence electrons. The Balaban J connectivity index is 2.11. The molecule has 1 aliphatic rings. The van der Waals surface area contributed by atoms with Crippen LogP contribution in [0, 0.1) is 5.92 Å². The Hall–Kier alpha value is -0.610. The van der Waals surface area contributed by atoms with Crippen LogP contribution in [-0.2, 0) is 4.79 Å². The van der Waals surface area contributed by atoms with Crippen molar-refractivity contribution < 1.29 is 15.0 Å². The molecule has 1 aliphatic carbocycles. The Morgan fingerprint density at radius 3 is 2.53 bits per heavy atom. The van der Waals surface area contributed by atoms with Crippen molar-refractivity contribution in [3.05, 3.63) is 0 Å². The van der Waals surface area contributed by atoms with E-state index in [1.165, 1.54) is 0 Å². The number of aliphatic hydroxyl groups excluding tert-OH is 1. The lowest BCUT2D eigenvalue weighted by Crippen LogP contribution is -2.34. The van der Waals surface area contributed by atoms with E-state index >= 15 is 0 Å². The zero-order valence-electron chi connectivity index (χ0n) is 9.28. The van der Waals surface area contributed by atoms with Gasteiger partial charge in [-0.1, -0.05) is 0 Å². The van der Waals surface area contributed by atoms with Gasteiger partial charge in [-0.3, -0.25) is 4.79 Å². The summed E-state index contributed by atoms with van der Waals surface area (Å²) < 4.78 is 0. The van der Waals surface area contributed by atoms with Gasteiger partial charge in [-0.15, -0.1) is 0 Å². The summed E-state index contributed by atoms with van der Waals surface area (Å²) >= 11 is 0. The summed E-state index contributed by atoms with van der Waals surface area (Å²) in [5, 5.41) is 21.1. The quantitative estimate of drug-likeness (QED) is 0.639. The maximum atomic E-state index is 10.4. The number of rotatable bonds is 5. The molecule has 1 unspecified atom stereocenters. The average Bonchev–Trinajstić information content (AvgIpc) is 2.16. The van der Waals surface area contributed by atoms with Gasteiger partial charge < -0.3 is 15.5 Å². The number of carboxylic acid groups (broad SMARTS) is 1. The minimum atomic E-state index is -0.755. The maximum Gasteiger partial charge on any atom is 0.304 e. The summed E-state index contributed by atoms with van der Waals surface area (Å²) in [5.41, 5.74) is 0. The Bertz CT molecular complexity index is 200. The third kappa shape index (κ3) is 5.14. The van der Waals surface area contributed by atoms with E-state index in [9.17, 15) is 9.90 Å². The summed E-state index contributed by atoms with van der Waals surface area (Å²) in [4.78, 5) is 10.4. The van der Waals surface area contributed by atoms with Crippen LogP contribution in [0.25, 0.3) is 0 Å². The van der Waals surface area contributed by atoms with Gasteiger partial charge in [-0.2, -0.15) is 0 Å². The Kier molecular flexibility index (Phi) is 5.05. The first-order chi connectivity index (χ1) is 7.08. The molecule has 0 heterocycles. The zero-order valence-corrected chi connectivity index (χ0v) is 9.28. The summed E-state index contributed by atoms with van der Waals surface area (Å²) in [5.74, 6) is -0.154. The van der Waals surface area contributed by atoms with E-state index in [4.69, 9.17) is 5.11 Å². The van der Waals surface area contributed by atoms with Crippen LogP contribution in [0.3, 0.4) is 0 Å². The SMILES string of the molecule is CC(CC(=O)O)NCC1CCC(O)CC1. The number of aliphatic hydroxyl groups is 1. The molecule has 1 fully saturated rings. The third-order valence-corrected chi connectivity index (χ3v) is 3.05. The predicted molar refractivity (Wildman–Crippen MR) is 57.7 cm³/mol. The molecule has 0 bridgehead atoms. The molecule has 0 saturated heterocycles. The van der Waals surface area contributed by atoms with E-state index < -0.39 is 5.97 Å². The fraction of sp³-hybridized carbons (Fsp3) is 0.909. The van der Waals surface area contributed by atoms with Crippen molar-refractivity contribution in [2.45, 2.75) is 51.2 Å². The first-order valence-electron chi connectivity index (χ1n) is 5.71. The van der Waals surface area contributed by atoms with Gasteiger partial charge in [0, 0.05) is 6.04 Å². The molecule has 1 saturated carbocycles. The summed E-state index contributed by atoms with van der Waals surface area (Å²) in [7, 11) is 0. The van der Waals surface area contributed by atoms with Crippen LogP contribution in [-0.4, -0.2) is 34.9 Å². The molecule has 3 N–H and O–H groups in total. The van der Waals surface area contributed by atoms with Gasteiger partial charge in [0.15, 0.2) is 0 Å². The first-order valence-corrected chi connectivity index (χ1v) is 5.71. The van der Waals surface area contributed by atoms with Crippen LogP contribution in [0.4, 0.5) is 0 Å². The van der Waals surface area contributed by atoms with Crippen molar-refractivity contribution in [1.29, 1.82) is 0 Å². The van der Waals surface area contributed by atoms with Crippen LogP contribution < -0.4 is 5.32 Å². The Labute approximate surface area is 90.7 Å². The summed E-state index contributed by atoms with van der Waals surface area (Å²) in [6.07, 6.45) is 3.94. The Morgan fingerprint density at radius 2 is 2.00 bits per heavy atom. The van der Waals surface area contributed by atoms with Gasteiger partial charge in [-0.25, -0.2) is 0 Å². The van der Waals surface area contributed by atoms with Gasteiger partial charge in [0.05, 0.1) is 12.5 Å². The van der Waals surface area contributed by atoms with Crippen LogP contribution in [0.1, 0.15) is 39.0 Å². The van der Waals surface area contributed by atoms with Gasteiger partial charge in [0.25, 0.3) is 0 Å². The monoisotopic (exact) mass is 215 g/mol. The highest BCUT2D eigenvalue weighted by Gasteiger charge is 2.19. The Morgan fingerprint density at radius 1 is 1.40 bits per heavy atom. The van der Waals surface area contributed by atoms with Crippen LogP contribution in [0.2, 0.25) is 0 Å². The lowest BCUT2D eigenvalue weighted by atomic mass is 9.87. The second-order valence-electron chi connectivity index (χ2n) is 4.58. The molecule has 0 aromatic heterocycles. The molecule has 0 amide bonds. The largest absolute Gasteiger partial charge is 0.481 e. The van der Waals surface area contributed by atoms with Crippen LogP contribution >= 0.6 is 0 Å². The van der Waals surface area contributed by atoms with E-state index in [1.807, 2.05) is 6.92 Å². The van der Waals surface area contributed by atoms with Gasteiger partial charge in [-0.05, 0) is 45.1 Å². The van der Waals surface area contributed by atoms with E-state index in [0.717, 1.165) is 32.2 Å². The topological polar surface area (TPSA) is 69.6 Å². The van der Waals surface area contributed by atoms with Crippen molar-refractivity contribution in [3.63, 3.8) is 0 Å². The smallest absolute Gasteiger partial charge is 0.304 e. The minimum absolute atomic E-state index is 0.0364. The van der Waals surface area contributed by atoms with Crippen molar-refractivity contribution in [1.82, 2.24) is 5.32 Å². The van der Waals surface area contributed by atoms with E-state index in [1.54, 1.807) is 0 Å². The molecule has 4 heteroatoms. The highest BCUT2D eigenvalue weighted by Crippen LogP contribution is 2.23. The molecule has 0 aliphatic heterocycles. The zero-order chi connectivity index (χ0) is 11.3. The molecule has 4 nitrogen and oxygen atoms in total. The normalized spacial score (nSPS) is 28.7. The molecule has 1 rings (SSSR count). The van der Waals surface area contributed by atoms with E-state index in [-0.39, 0.29) is 18.6 Å². The fourth-order valence-corrected chi connectivity index (χ4v) is 2.05. The number of aliphatic carboxylic acids is 1. The molecular formula is C11H21NO3. The molecule has 0 spiro atoms. The number of carbonyl (C=O) groups is 1. The van der Waals surface area contributed by atoms with Gasteiger partial charge in [0.2, 0.25) is 0 Å². The van der Waals surface area contributed by atoms with E-state index in [0.29, 0.717) is 5.92 Å². The van der Waals surface area contributed by atoms with Gasteiger partial charge in [0.1, 0.15) is 0 Å². The lowest BCUT2D eigenvalue weighted by Gasteiger charge is -2.26. The number of carboxylic acids is 1. The number of hydrogen-bond acceptors (Lipinski definition) is 3. The van der Waals surface area contributed by atoms with Crippen molar-refractivity contribution in [2.75, 3.05) is 6.54 Å². The lowest BCUT2D eigenvalue weighted by molar-refractivity contribution is -0.137. The van der Waals surface area contributed by atoms with E-state index in [2.05, 4.69) is 5.32 Å². The molecule has 0 radical (unpaired) electrons. The number of nitrogens with one attached hydrogen (secondary N) is 1. The van der Waals surface area contributed by atoms with Crippen molar-refractivity contribution >= 4 is 5.97 Å². The second-order valence-corrected chi connectivity index (χ2v) is 4.58. The predicted octanol–water partition coefficient (Wildman–Crippen LogP) is 0.990. The first kappa shape index (κ1) is 12.5. The average molecular weight is 215 g/mol. The van der Waals surface area contributed by atoms with Crippen LogP contribution in [0.15, 0.2) is 0 Å². The van der Waals surface area contributed by atoms with Gasteiger partial charge >= 0.3 is 5.97 Å². The van der Waals surface area contributed by atoms with Crippen LogP contribution in [0.5, 0.6) is 0 Å². The highest BCUT2D eigenvalue weighted by atomic mass is 16.4. The third-order valence-electron chi connectivity index (χ3n) is 3.05. The highest BCUT2D eigenvalue weighted by molar-refractivity contribution is 5.67. The molecular weight excluding hydrogens is 194 g/mol. The minimum Gasteiger partial charge on any atom is -0.481 e. The fourth-order valence-electron chi connectivity index (χ4n) is 2.05. The number of hydrogen-bond donors (Lipinski definition) is 3. The molecule has 15 heavy (non-hydrogen) atoms. The molecule has 0 aromatic rings. The second kappa shape index (κ2) is 6.08. The maximum absolute atomic E-state index is 10.4. The molecule has 1 atom stereocenters. The molecule has 0 aromatic carbocycles. The summed E-state index contributed by atoms with van der Waals surface area (Å²) in [6, 6.07) is 0.0364. The van der Waals surface area contributed by atoms with Crippen molar-refractivity contribution in [2.24, 2.45) is 5.92 Å². The standard InChI is InChI=1S/C11H21NO3/c1-8(6-11(14)15)12-7-9-2-4-10(13)5-3-9/h8-10,12-13H,2-7H2,1H3,(H,14,15).